The molecule has 0 spiro atoms. The third kappa shape index (κ3) is 4.23. The molecule has 0 unspecified atom stereocenters. The van der Waals surface area contributed by atoms with Crippen molar-refractivity contribution in [2.75, 3.05) is 0 Å². The van der Waals surface area contributed by atoms with E-state index in [1.54, 1.807) is 0 Å². The van der Waals surface area contributed by atoms with Gasteiger partial charge in [0, 0.05) is 0 Å². The van der Waals surface area contributed by atoms with Crippen LogP contribution < -0.4 is 0 Å². The molecule has 0 radical (unpaired) electrons. The van der Waals surface area contributed by atoms with E-state index in [0.717, 1.165) is 11.3 Å². The maximum absolute atomic E-state index is 14.0. The first-order chi connectivity index (χ1) is 14.4. The molecule has 0 saturated carbocycles. The van der Waals surface area contributed by atoms with Crippen molar-refractivity contribution < 1.29 is 43.9 Å². The Morgan fingerprint density at radius 1 is 0.387 bits per heavy atom. The highest BCUT2D eigenvalue weighted by Crippen LogP contribution is 2.53. The molecular weight excluding hydrogens is 638 g/mol. The number of hydrogen-bond donors (Lipinski definition) is 0. The SMILES string of the molecule is Fc1c(F)c(F)c(Sc2c(Br)sc(Br)c2Sc2c(F)c(F)c(F)c(F)c2F)c(F)c1F. The van der Waals surface area contributed by atoms with Crippen LogP contribution in [0, 0.1) is 58.2 Å². The molecule has 3 aromatic rings. The van der Waals surface area contributed by atoms with Gasteiger partial charge in [-0.15, -0.1) is 11.3 Å². The number of rotatable bonds is 4. The maximum Gasteiger partial charge on any atom is 0.200 e. The van der Waals surface area contributed by atoms with Gasteiger partial charge in [-0.2, -0.15) is 0 Å². The van der Waals surface area contributed by atoms with Crippen LogP contribution in [0.1, 0.15) is 0 Å². The summed E-state index contributed by atoms with van der Waals surface area (Å²) in [5.41, 5.74) is 0. The Hall–Kier alpha value is -0.900. The summed E-state index contributed by atoms with van der Waals surface area (Å²) in [6.07, 6.45) is 0. The molecule has 2 aromatic carbocycles. The molecule has 0 nitrogen and oxygen atoms in total. The van der Waals surface area contributed by atoms with Crippen LogP contribution >= 0.6 is 66.7 Å². The van der Waals surface area contributed by atoms with Crippen molar-refractivity contribution in [3.8, 4) is 0 Å². The highest BCUT2D eigenvalue weighted by molar-refractivity contribution is 9.12. The van der Waals surface area contributed by atoms with E-state index < -0.39 is 68.0 Å². The number of benzene rings is 2. The van der Waals surface area contributed by atoms with E-state index in [0.29, 0.717) is 0 Å². The molecule has 0 amide bonds. The van der Waals surface area contributed by atoms with E-state index in [2.05, 4.69) is 31.9 Å². The summed E-state index contributed by atoms with van der Waals surface area (Å²) in [6.45, 7) is 0. The summed E-state index contributed by atoms with van der Waals surface area (Å²) >= 11 is 6.71. The van der Waals surface area contributed by atoms with Gasteiger partial charge in [0.15, 0.2) is 46.5 Å². The largest absolute Gasteiger partial charge is 0.202 e. The van der Waals surface area contributed by atoms with Crippen LogP contribution in [0.4, 0.5) is 43.9 Å². The highest BCUT2D eigenvalue weighted by Gasteiger charge is 2.31. The van der Waals surface area contributed by atoms with Crippen molar-refractivity contribution in [2.24, 2.45) is 0 Å². The lowest BCUT2D eigenvalue weighted by Gasteiger charge is -2.11. The molecule has 0 saturated heterocycles. The molecule has 0 aliphatic heterocycles. The second-order valence-electron chi connectivity index (χ2n) is 5.31. The van der Waals surface area contributed by atoms with Crippen molar-refractivity contribution in [1.29, 1.82) is 0 Å². The standard InChI is InChI=1S/C16Br2F10S3/c17-15-13(29-11-7(25)3(21)1(19)4(22)8(11)26)14(16(18)31-15)30-12-9(27)5(23)2(20)6(24)10(12)28. The van der Waals surface area contributed by atoms with Crippen molar-refractivity contribution in [3.63, 3.8) is 0 Å². The van der Waals surface area contributed by atoms with Gasteiger partial charge < -0.3 is 0 Å². The topological polar surface area (TPSA) is 0 Å². The predicted octanol–water partition coefficient (Wildman–Crippen LogP) is 8.97. The molecule has 31 heavy (non-hydrogen) atoms. The minimum atomic E-state index is -2.39. The Bertz CT molecular complexity index is 1080. The zero-order valence-electron chi connectivity index (χ0n) is 13.8. The molecule has 0 aliphatic rings. The fourth-order valence-corrected chi connectivity index (χ4v) is 7.94. The zero-order valence-corrected chi connectivity index (χ0v) is 19.4. The lowest BCUT2D eigenvalue weighted by molar-refractivity contribution is 0.360. The molecular formula is C16Br2F10S3. The van der Waals surface area contributed by atoms with Gasteiger partial charge in [-0.05, 0) is 31.9 Å². The second kappa shape index (κ2) is 9.15. The summed E-state index contributed by atoms with van der Waals surface area (Å²) in [5, 5.41) is 0. The molecule has 0 fully saturated rings. The monoisotopic (exact) mass is 636 g/mol. The van der Waals surface area contributed by atoms with Gasteiger partial charge in [0.1, 0.15) is 0 Å². The van der Waals surface area contributed by atoms with Gasteiger partial charge >= 0.3 is 0 Å². The molecule has 0 bridgehead atoms. The minimum absolute atomic E-state index is 0.00403. The van der Waals surface area contributed by atoms with Crippen LogP contribution in [0.2, 0.25) is 0 Å². The zero-order chi connectivity index (χ0) is 23.4. The summed E-state index contributed by atoms with van der Waals surface area (Å²) < 4.78 is 137. The molecule has 15 heteroatoms. The number of thiophene rings is 1. The first kappa shape index (κ1) is 24.7. The summed E-state index contributed by atoms with van der Waals surface area (Å²) in [7, 11) is 0. The summed E-state index contributed by atoms with van der Waals surface area (Å²) in [5.74, 6) is -22.3. The summed E-state index contributed by atoms with van der Waals surface area (Å²) in [4.78, 5) is -3.26. The average molecular weight is 638 g/mol. The maximum atomic E-state index is 14.0. The Morgan fingerprint density at radius 3 is 0.871 bits per heavy atom. The van der Waals surface area contributed by atoms with Gasteiger partial charge in [0.25, 0.3) is 0 Å². The van der Waals surface area contributed by atoms with Gasteiger partial charge in [-0.25, -0.2) is 43.9 Å². The van der Waals surface area contributed by atoms with E-state index in [1.165, 1.54) is 0 Å². The van der Waals surface area contributed by atoms with Crippen molar-refractivity contribution in [1.82, 2.24) is 0 Å². The molecule has 0 atom stereocenters. The number of halogens is 12. The lowest BCUT2D eigenvalue weighted by Crippen LogP contribution is -2.04. The predicted molar refractivity (Wildman–Crippen MR) is 100 cm³/mol. The van der Waals surface area contributed by atoms with Gasteiger partial charge in [0.2, 0.25) is 11.6 Å². The van der Waals surface area contributed by atoms with Crippen LogP contribution in [-0.4, -0.2) is 0 Å². The average Bonchev–Trinajstić information content (AvgIpc) is 3.00. The van der Waals surface area contributed by atoms with Crippen LogP contribution in [0.15, 0.2) is 27.2 Å². The first-order valence-corrected chi connectivity index (χ1v) is 11.3. The van der Waals surface area contributed by atoms with E-state index in [9.17, 15) is 43.9 Å². The van der Waals surface area contributed by atoms with Crippen molar-refractivity contribution in [3.05, 3.63) is 65.7 Å². The van der Waals surface area contributed by atoms with Crippen molar-refractivity contribution in [2.45, 2.75) is 19.6 Å². The highest BCUT2D eigenvalue weighted by atomic mass is 79.9. The Kier molecular flexibility index (Phi) is 7.30. The molecule has 166 valence electrons. The third-order valence-corrected chi connectivity index (χ3v) is 9.28. The quantitative estimate of drug-likeness (QED) is 0.159. The Morgan fingerprint density at radius 2 is 0.613 bits per heavy atom. The Labute approximate surface area is 195 Å². The smallest absolute Gasteiger partial charge is 0.200 e. The first-order valence-electron chi connectivity index (χ1n) is 7.24. The molecule has 0 aliphatic carbocycles. The van der Waals surface area contributed by atoms with Crippen LogP contribution in [0.5, 0.6) is 0 Å². The molecule has 0 N–H and O–H groups in total. The van der Waals surface area contributed by atoms with Crippen molar-refractivity contribution >= 4 is 66.7 Å². The van der Waals surface area contributed by atoms with Gasteiger partial charge in [0.05, 0.1) is 27.2 Å². The van der Waals surface area contributed by atoms with E-state index in [1.807, 2.05) is 0 Å². The fraction of sp³-hybridized carbons (Fsp3) is 0. The molecule has 3 rings (SSSR count). The Balaban J connectivity index is 2.16. The third-order valence-electron chi connectivity index (χ3n) is 3.49. The van der Waals surface area contributed by atoms with Gasteiger partial charge in [-0.3, -0.25) is 0 Å². The number of hydrogen-bond acceptors (Lipinski definition) is 3. The van der Waals surface area contributed by atoms with Crippen LogP contribution in [0.3, 0.4) is 0 Å². The normalized spacial score (nSPS) is 11.5. The molecule has 1 heterocycles. The molecule has 1 aromatic heterocycles. The van der Waals surface area contributed by atoms with E-state index in [4.69, 9.17) is 0 Å². The van der Waals surface area contributed by atoms with Crippen LogP contribution in [0.25, 0.3) is 0 Å². The van der Waals surface area contributed by atoms with E-state index >= 15 is 0 Å². The fourth-order valence-electron chi connectivity index (χ4n) is 2.08. The van der Waals surface area contributed by atoms with Gasteiger partial charge in [-0.1, -0.05) is 23.5 Å². The minimum Gasteiger partial charge on any atom is -0.202 e. The van der Waals surface area contributed by atoms with Crippen LogP contribution in [-0.2, 0) is 0 Å². The lowest BCUT2D eigenvalue weighted by atomic mass is 10.3. The second-order valence-corrected chi connectivity index (χ2v) is 11.0. The van der Waals surface area contributed by atoms with E-state index in [-0.39, 0.29) is 40.9 Å². The summed E-state index contributed by atoms with van der Waals surface area (Å²) in [6, 6.07) is 0.